The highest BCUT2D eigenvalue weighted by atomic mass is 32.1. The van der Waals surface area contributed by atoms with Crippen LogP contribution in [0.1, 0.15) is 50.6 Å². The van der Waals surface area contributed by atoms with Gasteiger partial charge in [-0.05, 0) is 51.5 Å². The molecule has 0 aromatic carbocycles. The molecule has 6 nitrogen and oxygen atoms in total. The van der Waals surface area contributed by atoms with E-state index in [1.165, 1.54) is 4.88 Å². The summed E-state index contributed by atoms with van der Waals surface area (Å²) in [5.41, 5.74) is 0.858. The van der Waals surface area contributed by atoms with E-state index >= 15 is 0 Å². The van der Waals surface area contributed by atoms with Crippen LogP contribution in [0.25, 0.3) is 10.2 Å². The number of ether oxygens (including phenoxy) is 1. The van der Waals surface area contributed by atoms with E-state index < -0.39 is 12.0 Å². The summed E-state index contributed by atoms with van der Waals surface area (Å²) >= 11 is 1.55. The highest BCUT2D eigenvalue weighted by Gasteiger charge is 2.26. The molecular formula is C16H21N3O3S. The summed E-state index contributed by atoms with van der Waals surface area (Å²) in [7, 11) is 0. The van der Waals surface area contributed by atoms with E-state index in [9.17, 15) is 9.59 Å². The van der Waals surface area contributed by atoms with Gasteiger partial charge in [-0.3, -0.25) is 4.79 Å². The molecular weight excluding hydrogens is 314 g/mol. The normalized spacial score (nSPS) is 18.9. The van der Waals surface area contributed by atoms with Crippen molar-refractivity contribution in [2.75, 3.05) is 0 Å². The Kier molecular flexibility index (Phi) is 4.23. The third kappa shape index (κ3) is 2.89. The number of hydrogen-bond acceptors (Lipinski definition) is 6. The zero-order valence-electron chi connectivity index (χ0n) is 13.8. The number of carbonyl (C=O) groups is 1. The Morgan fingerprint density at radius 3 is 2.83 bits per heavy atom. The second kappa shape index (κ2) is 6.03. The molecule has 2 aromatic rings. The molecule has 0 radical (unpaired) electrons. The molecule has 2 heterocycles. The molecule has 2 atom stereocenters. The van der Waals surface area contributed by atoms with Gasteiger partial charge in [0.25, 0.3) is 5.56 Å². The first-order chi connectivity index (χ1) is 10.9. The van der Waals surface area contributed by atoms with E-state index in [1.54, 1.807) is 32.1 Å². The average Bonchev–Trinajstić information content (AvgIpc) is 2.84. The standard InChI is InChI=1S/C16H21N3O3S/c1-8(2)22-16(21)10(4)19-15(20)13-11-6-5-9(3)7-12(11)23-14(13)17-18-19/h8-10H,5-7H2,1-4H3. The van der Waals surface area contributed by atoms with E-state index in [1.807, 2.05) is 0 Å². The first kappa shape index (κ1) is 16.1. The van der Waals surface area contributed by atoms with Crippen molar-refractivity contribution < 1.29 is 9.53 Å². The van der Waals surface area contributed by atoms with Gasteiger partial charge in [-0.25, -0.2) is 4.79 Å². The van der Waals surface area contributed by atoms with Gasteiger partial charge in [-0.15, -0.1) is 16.4 Å². The minimum atomic E-state index is -0.778. The number of aryl methyl sites for hydroxylation is 1. The molecule has 0 saturated carbocycles. The molecule has 7 heteroatoms. The highest BCUT2D eigenvalue weighted by Crippen LogP contribution is 2.35. The van der Waals surface area contributed by atoms with Gasteiger partial charge in [0, 0.05) is 4.88 Å². The van der Waals surface area contributed by atoms with Crippen molar-refractivity contribution >= 4 is 27.5 Å². The zero-order valence-corrected chi connectivity index (χ0v) is 14.6. The lowest BCUT2D eigenvalue weighted by atomic mass is 9.89. The summed E-state index contributed by atoms with van der Waals surface area (Å²) in [6.07, 6.45) is 2.72. The molecule has 0 N–H and O–H groups in total. The minimum Gasteiger partial charge on any atom is -0.461 e. The Balaban J connectivity index is 2.05. The molecule has 0 fully saturated rings. The van der Waals surface area contributed by atoms with E-state index in [2.05, 4.69) is 17.2 Å². The fraction of sp³-hybridized carbons (Fsp3) is 0.625. The van der Waals surface area contributed by atoms with Gasteiger partial charge in [0.2, 0.25) is 0 Å². The first-order valence-electron chi connectivity index (χ1n) is 7.98. The van der Waals surface area contributed by atoms with Crippen LogP contribution in [-0.4, -0.2) is 27.1 Å². The monoisotopic (exact) mass is 335 g/mol. The second-order valence-electron chi connectivity index (χ2n) is 6.53. The molecule has 0 saturated heterocycles. The summed E-state index contributed by atoms with van der Waals surface area (Å²) in [6.45, 7) is 7.40. The third-order valence-corrected chi connectivity index (χ3v) is 5.35. The Bertz CT molecular complexity index is 809. The summed E-state index contributed by atoms with van der Waals surface area (Å²) < 4.78 is 6.33. The lowest BCUT2D eigenvalue weighted by Gasteiger charge is -2.18. The summed E-state index contributed by atoms with van der Waals surface area (Å²) in [6, 6.07) is -0.778. The number of hydrogen-bond donors (Lipinski definition) is 0. The van der Waals surface area contributed by atoms with E-state index in [4.69, 9.17) is 4.74 Å². The quantitative estimate of drug-likeness (QED) is 0.806. The molecule has 2 aromatic heterocycles. The van der Waals surface area contributed by atoms with Crippen molar-refractivity contribution in [3.63, 3.8) is 0 Å². The van der Waals surface area contributed by atoms with Gasteiger partial charge in [-0.1, -0.05) is 12.1 Å². The van der Waals surface area contributed by atoms with E-state index in [0.29, 0.717) is 16.1 Å². The molecule has 0 bridgehead atoms. The number of aromatic nitrogens is 3. The molecule has 1 aliphatic carbocycles. The van der Waals surface area contributed by atoms with Crippen LogP contribution in [0.2, 0.25) is 0 Å². The fourth-order valence-electron chi connectivity index (χ4n) is 2.96. The van der Waals surface area contributed by atoms with Gasteiger partial charge in [-0.2, -0.15) is 4.68 Å². The number of carbonyl (C=O) groups excluding carboxylic acids is 1. The maximum absolute atomic E-state index is 12.8. The van der Waals surface area contributed by atoms with Gasteiger partial charge in [0.05, 0.1) is 11.5 Å². The first-order valence-corrected chi connectivity index (χ1v) is 8.80. The predicted octanol–water partition coefficient (Wildman–Crippen LogP) is 2.49. The van der Waals surface area contributed by atoms with Crippen LogP contribution in [0.3, 0.4) is 0 Å². The summed E-state index contributed by atoms with van der Waals surface area (Å²) in [5.74, 6) is 0.166. The SMILES string of the molecule is CC1CCc2c(sc3nnn(C(C)C(=O)OC(C)C)c(=O)c23)C1. The molecule has 0 aliphatic heterocycles. The van der Waals surface area contributed by atoms with Crippen molar-refractivity contribution in [2.45, 2.75) is 59.1 Å². The minimum absolute atomic E-state index is 0.229. The lowest BCUT2D eigenvalue weighted by Crippen LogP contribution is -2.33. The van der Waals surface area contributed by atoms with Gasteiger partial charge >= 0.3 is 5.97 Å². The Hall–Kier alpha value is -1.76. The average molecular weight is 335 g/mol. The van der Waals surface area contributed by atoms with Crippen LogP contribution in [0.5, 0.6) is 0 Å². The number of rotatable bonds is 3. The second-order valence-corrected chi connectivity index (χ2v) is 7.62. The molecule has 3 rings (SSSR count). The number of thiophene rings is 1. The van der Waals surface area contributed by atoms with Crippen LogP contribution < -0.4 is 5.56 Å². The maximum atomic E-state index is 12.8. The maximum Gasteiger partial charge on any atom is 0.331 e. The Morgan fingerprint density at radius 1 is 1.39 bits per heavy atom. The predicted molar refractivity (Wildman–Crippen MR) is 88.8 cm³/mol. The van der Waals surface area contributed by atoms with Crippen LogP contribution in [-0.2, 0) is 22.4 Å². The molecule has 1 aliphatic rings. The van der Waals surface area contributed by atoms with Crippen LogP contribution in [0.15, 0.2) is 4.79 Å². The molecule has 124 valence electrons. The van der Waals surface area contributed by atoms with E-state index in [0.717, 1.165) is 29.5 Å². The van der Waals surface area contributed by atoms with E-state index in [-0.39, 0.29) is 11.7 Å². The van der Waals surface area contributed by atoms with Gasteiger partial charge < -0.3 is 4.74 Å². The van der Waals surface area contributed by atoms with Crippen molar-refractivity contribution in [2.24, 2.45) is 5.92 Å². The Morgan fingerprint density at radius 2 is 2.13 bits per heavy atom. The molecule has 23 heavy (non-hydrogen) atoms. The topological polar surface area (TPSA) is 74.1 Å². The highest BCUT2D eigenvalue weighted by molar-refractivity contribution is 7.18. The van der Waals surface area contributed by atoms with Crippen molar-refractivity contribution in [1.29, 1.82) is 0 Å². The smallest absolute Gasteiger partial charge is 0.331 e. The molecule has 0 spiro atoms. The summed E-state index contributed by atoms with van der Waals surface area (Å²) in [5, 5.41) is 8.77. The van der Waals surface area contributed by atoms with Crippen LogP contribution in [0.4, 0.5) is 0 Å². The van der Waals surface area contributed by atoms with Crippen LogP contribution >= 0.6 is 11.3 Å². The molecule has 2 unspecified atom stereocenters. The number of fused-ring (bicyclic) bond motifs is 3. The number of esters is 1. The zero-order chi connectivity index (χ0) is 16.7. The van der Waals surface area contributed by atoms with Crippen molar-refractivity contribution in [1.82, 2.24) is 15.0 Å². The van der Waals surface area contributed by atoms with Crippen LogP contribution in [0, 0.1) is 5.92 Å². The van der Waals surface area contributed by atoms with Crippen molar-refractivity contribution in [3.05, 3.63) is 20.8 Å². The summed E-state index contributed by atoms with van der Waals surface area (Å²) in [4.78, 5) is 26.8. The molecule has 0 amide bonds. The largest absolute Gasteiger partial charge is 0.461 e. The fourth-order valence-corrected chi connectivity index (χ4v) is 4.27. The Labute approximate surface area is 138 Å². The number of nitrogens with zero attached hydrogens (tertiary/aromatic N) is 3. The lowest BCUT2D eigenvalue weighted by molar-refractivity contribution is -0.151. The van der Waals surface area contributed by atoms with Crippen molar-refractivity contribution in [3.8, 4) is 0 Å². The third-order valence-electron chi connectivity index (χ3n) is 4.21. The van der Waals surface area contributed by atoms with Gasteiger partial charge in [0.1, 0.15) is 0 Å². The van der Waals surface area contributed by atoms with Gasteiger partial charge in [0.15, 0.2) is 10.9 Å².